The van der Waals surface area contributed by atoms with Crippen molar-refractivity contribution in [3.63, 3.8) is 0 Å². The zero-order valence-electron chi connectivity index (χ0n) is 24.3. The van der Waals surface area contributed by atoms with E-state index < -0.39 is 18.5 Å². The molecule has 1 N–H and O–H groups in total. The molecule has 10 heteroatoms. The lowest BCUT2D eigenvalue weighted by molar-refractivity contribution is -0.307. The monoisotopic (exact) mass is 561 g/mol. The lowest BCUT2D eigenvalue weighted by atomic mass is 9.86. The normalized spacial score (nSPS) is 15.0. The smallest absolute Gasteiger partial charge is 0.222 e. The number of aryl methyl sites for hydroxylation is 1. The van der Waals surface area contributed by atoms with Crippen LogP contribution in [0.5, 0.6) is 0 Å². The van der Waals surface area contributed by atoms with Gasteiger partial charge in [-0.25, -0.2) is 4.68 Å². The standard InChI is InChI=1S/C31H42N6O4/c1-31(2,3)19-27(36(22-26(38)18-29(40)41)20-23-10-5-4-6-11-23)30-32-33-34-37(30)16-9-14-28(39)35-17-15-24-12-7-8-13-25(24)21-35/h4-8,10-13,26-27,38H,9,14-22H2,1-3H3,(H,40,41)/p-1/t26?,27-/m1/s1. The van der Waals surface area contributed by atoms with E-state index >= 15 is 0 Å². The second kappa shape index (κ2) is 13.8. The van der Waals surface area contributed by atoms with Crippen molar-refractivity contribution in [1.82, 2.24) is 30.0 Å². The largest absolute Gasteiger partial charge is 0.550 e. The third-order valence-electron chi connectivity index (χ3n) is 7.42. The number of rotatable bonds is 13. The topological polar surface area (TPSA) is 128 Å². The number of carbonyl (C=O) groups is 2. The first-order valence-corrected chi connectivity index (χ1v) is 14.4. The van der Waals surface area contributed by atoms with E-state index in [-0.39, 0.29) is 23.9 Å². The summed E-state index contributed by atoms with van der Waals surface area (Å²) in [5.74, 6) is -0.538. The van der Waals surface area contributed by atoms with Crippen LogP contribution in [0.15, 0.2) is 54.6 Å². The zero-order valence-corrected chi connectivity index (χ0v) is 24.3. The van der Waals surface area contributed by atoms with Crippen molar-refractivity contribution in [3.8, 4) is 0 Å². The number of amides is 1. The molecule has 0 spiro atoms. The molecule has 0 aliphatic carbocycles. The van der Waals surface area contributed by atoms with Gasteiger partial charge >= 0.3 is 0 Å². The molecule has 2 atom stereocenters. The Morgan fingerprint density at radius 3 is 2.49 bits per heavy atom. The highest BCUT2D eigenvalue weighted by Gasteiger charge is 2.32. The summed E-state index contributed by atoms with van der Waals surface area (Å²) >= 11 is 0. The van der Waals surface area contributed by atoms with E-state index in [0.29, 0.717) is 44.7 Å². The second-order valence-corrected chi connectivity index (χ2v) is 12.1. The third-order valence-corrected chi connectivity index (χ3v) is 7.42. The number of tetrazole rings is 1. The number of hydrogen-bond donors (Lipinski definition) is 1. The minimum Gasteiger partial charge on any atom is -0.550 e. The van der Waals surface area contributed by atoms with Crippen LogP contribution in [0.25, 0.3) is 0 Å². The Labute approximate surface area is 242 Å². The fraction of sp³-hybridized carbons (Fsp3) is 0.516. The van der Waals surface area contributed by atoms with Crippen LogP contribution in [0.3, 0.4) is 0 Å². The summed E-state index contributed by atoms with van der Waals surface area (Å²) in [6.07, 6.45) is 0.954. The summed E-state index contributed by atoms with van der Waals surface area (Å²) in [5, 5.41) is 34.5. The number of nitrogens with zero attached hydrogens (tertiary/aromatic N) is 6. The number of carboxylic acids is 1. The van der Waals surface area contributed by atoms with Crippen molar-refractivity contribution in [3.05, 3.63) is 77.1 Å². The first-order valence-electron chi connectivity index (χ1n) is 14.4. The molecule has 4 rings (SSSR count). The number of hydrogen-bond acceptors (Lipinski definition) is 8. The Morgan fingerprint density at radius 2 is 1.78 bits per heavy atom. The van der Waals surface area contributed by atoms with E-state index in [0.717, 1.165) is 18.5 Å². The molecule has 41 heavy (non-hydrogen) atoms. The molecule has 1 aliphatic heterocycles. The summed E-state index contributed by atoms with van der Waals surface area (Å²) in [5.41, 5.74) is 3.43. The fourth-order valence-corrected chi connectivity index (χ4v) is 5.47. The van der Waals surface area contributed by atoms with Gasteiger partial charge in [-0.1, -0.05) is 75.4 Å². The SMILES string of the molecule is CC(C)(C)C[C@H](c1nnnn1CCCC(=O)N1CCc2ccccc2C1)N(Cc1ccccc1)CC(O)CC(=O)[O-]. The maximum atomic E-state index is 13.0. The van der Waals surface area contributed by atoms with Crippen molar-refractivity contribution in [2.45, 2.75) is 84.7 Å². The minimum absolute atomic E-state index is 0.115. The Bertz CT molecular complexity index is 1290. The van der Waals surface area contributed by atoms with Crippen molar-refractivity contribution in [1.29, 1.82) is 0 Å². The number of aliphatic hydroxyl groups excluding tert-OH is 1. The van der Waals surface area contributed by atoms with E-state index in [1.807, 2.05) is 52.3 Å². The molecule has 0 saturated heterocycles. The molecule has 0 fully saturated rings. The van der Waals surface area contributed by atoms with Gasteiger partial charge in [0, 0.05) is 51.5 Å². The fourth-order valence-electron chi connectivity index (χ4n) is 5.47. The summed E-state index contributed by atoms with van der Waals surface area (Å²) in [6, 6.07) is 17.8. The Morgan fingerprint density at radius 1 is 1.07 bits per heavy atom. The van der Waals surface area contributed by atoms with Gasteiger partial charge < -0.3 is 19.9 Å². The van der Waals surface area contributed by atoms with E-state index in [9.17, 15) is 19.8 Å². The van der Waals surface area contributed by atoms with Crippen LogP contribution >= 0.6 is 0 Å². The van der Waals surface area contributed by atoms with Gasteiger partial charge in [-0.15, -0.1) is 5.10 Å². The Kier molecular flexibility index (Phi) is 10.2. The van der Waals surface area contributed by atoms with Gasteiger partial charge in [-0.2, -0.15) is 0 Å². The summed E-state index contributed by atoms with van der Waals surface area (Å²) in [7, 11) is 0. The molecule has 0 radical (unpaired) electrons. The molecule has 2 aromatic carbocycles. The average Bonchev–Trinajstić information content (AvgIpc) is 3.39. The van der Waals surface area contributed by atoms with Crippen LogP contribution in [0.4, 0.5) is 0 Å². The summed E-state index contributed by atoms with van der Waals surface area (Å²) < 4.78 is 1.75. The number of fused-ring (bicyclic) bond motifs is 1. The predicted octanol–water partition coefficient (Wildman–Crippen LogP) is 2.52. The number of carboxylic acid groups (broad SMARTS) is 1. The van der Waals surface area contributed by atoms with Gasteiger partial charge in [-0.05, 0) is 51.8 Å². The van der Waals surface area contributed by atoms with E-state index in [1.165, 1.54) is 11.1 Å². The van der Waals surface area contributed by atoms with Crippen LogP contribution in [0.2, 0.25) is 0 Å². The van der Waals surface area contributed by atoms with Crippen LogP contribution in [0.1, 0.15) is 75.0 Å². The molecule has 3 aromatic rings. The van der Waals surface area contributed by atoms with Gasteiger partial charge in [0.05, 0.1) is 12.1 Å². The van der Waals surface area contributed by atoms with Gasteiger partial charge in [0.25, 0.3) is 0 Å². The first-order chi connectivity index (χ1) is 19.6. The average molecular weight is 562 g/mol. The van der Waals surface area contributed by atoms with Crippen LogP contribution in [-0.2, 0) is 35.6 Å². The molecule has 2 heterocycles. The molecule has 1 aromatic heterocycles. The van der Waals surface area contributed by atoms with Crippen molar-refractivity contribution in [2.24, 2.45) is 5.41 Å². The molecule has 1 amide bonds. The molecule has 1 unspecified atom stereocenters. The van der Waals surface area contributed by atoms with E-state index in [1.54, 1.807) is 4.68 Å². The van der Waals surface area contributed by atoms with Crippen LogP contribution < -0.4 is 5.11 Å². The second-order valence-electron chi connectivity index (χ2n) is 12.1. The van der Waals surface area contributed by atoms with Gasteiger partial charge in [0.15, 0.2) is 5.82 Å². The number of aromatic nitrogens is 4. The molecule has 0 bridgehead atoms. The number of aliphatic hydroxyl groups is 1. The predicted molar refractivity (Wildman–Crippen MR) is 152 cm³/mol. The van der Waals surface area contributed by atoms with Crippen molar-refractivity contribution in [2.75, 3.05) is 13.1 Å². The van der Waals surface area contributed by atoms with Gasteiger partial charge in [0.2, 0.25) is 5.91 Å². The maximum absolute atomic E-state index is 13.0. The molecular formula is C31H41N6O4-. The summed E-state index contributed by atoms with van der Waals surface area (Å²) in [6.45, 7) is 8.81. The van der Waals surface area contributed by atoms with E-state index in [2.05, 4.69) is 48.4 Å². The highest BCUT2D eigenvalue weighted by atomic mass is 16.4. The van der Waals surface area contributed by atoms with Crippen molar-refractivity contribution < 1.29 is 19.8 Å². The highest BCUT2D eigenvalue weighted by molar-refractivity contribution is 5.76. The van der Waals surface area contributed by atoms with Crippen LogP contribution in [-0.4, -0.2) is 66.2 Å². The van der Waals surface area contributed by atoms with Gasteiger partial charge in [-0.3, -0.25) is 9.69 Å². The zero-order chi connectivity index (χ0) is 29.4. The maximum Gasteiger partial charge on any atom is 0.222 e. The third kappa shape index (κ3) is 8.93. The number of aliphatic carboxylic acids is 1. The lowest BCUT2D eigenvalue weighted by Gasteiger charge is -2.36. The Hall–Kier alpha value is -3.63. The molecule has 10 nitrogen and oxygen atoms in total. The Balaban J connectivity index is 1.49. The summed E-state index contributed by atoms with van der Waals surface area (Å²) in [4.78, 5) is 28.2. The highest BCUT2D eigenvalue weighted by Crippen LogP contribution is 2.34. The molecule has 220 valence electrons. The first kappa shape index (κ1) is 30.3. The number of benzene rings is 2. The molecular weight excluding hydrogens is 520 g/mol. The quantitative estimate of drug-likeness (QED) is 0.337. The van der Waals surface area contributed by atoms with Gasteiger partial charge in [0.1, 0.15) is 0 Å². The minimum atomic E-state index is -1.30. The molecule has 0 saturated carbocycles. The van der Waals surface area contributed by atoms with Crippen molar-refractivity contribution >= 4 is 11.9 Å². The van der Waals surface area contributed by atoms with E-state index in [4.69, 9.17) is 0 Å². The lowest BCUT2D eigenvalue weighted by Crippen LogP contribution is -2.40. The van der Waals surface area contributed by atoms with Crippen LogP contribution in [0, 0.1) is 5.41 Å². The molecule has 1 aliphatic rings. The number of carbonyl (C=O) groups excluding carboxylic acids is 2.